The van der Waals surface area contributed by atoms with Crippen molar-refractivity contribution in [3.63, 3.8) is 0 Å². The molecule has 0 aliphatic carbocycles. The molecular formula is C18H25NS. The lowest BCUT2D eigenvalue weighted by atomic mass is 10.1. The highest BCUT2D eigenvalue weighted by atomic mass is 32.1. The van der Waals surface area contributed by atoms with Crippen molar-refractivity contribution < 1.29 is 0 Å². The zero-order chi connectivity index (χ0) is 14.4. The summed E-state index contributed by atoms with van der Waals surface area (Å²) in [5.41, 5.74) is 2.67. The molecule has 20 heavy (non-hydrogen) atoms. The second-order valence-electron chi connectivity index (χ2n) is 5.37. The lowest BCUT2D eigenvalue weighted by Gasteiger charge is -2.16. The Labute approximate surface area is 127 Å². The predicted molar refractivity (Wildman–Crippen MR) is 90.4 cm³/mol. The summed E-state index contributed by atoms with van der Waals surface area (Å²) in [6, 6.07) is 13.9. The average molecular weight is 287 g/mol. The van der Waals surface area contributed by atoms with Crippen LogP contribution in [0.1, 0.15) is 49.6 Å². The van der Waals surface area contributed by atoms with Crippen LogP contribution in [-0.4, -0.2) is 6.54 Å². The molecule has 0 aliphatic rings. The van der Waals surface area contributed by atoms with Gasteiger partial charge in [-0.15, -0.1) is 11.3 Å². The van der Waals surface area contributed by atoms with Gasteiger partial charge in [0.25, 0.3) is 0 Å². The van der Waals surface area contributed by atoms with E-state index in [-0.39, 0.29) is 0 Å². The van der Waals surface area contributed by atoms with Crippen LogP contribution >= 0.6 is 11.3 Å². The molecular weight excluding hydrogens is 262 g/mol. The van der Waals surface area contributed by atoms with Gasteiger partial charge < -0.3 is 5.32 Å². The van der Waals surface area contributed by atoms with Gasteiger partial charge in [-0.05, 0) is 44.0 Å². The fraction of sp³-hybridized carbons (Fsp3) is 0.444. The Balaban J connectivity index is 2.17. The van der Waals surface area contributed by atoms with Gasteiger partial charge in [0.2, 0.25) is 0 Å². The number of thiophene rings is 1. The average Bonchev–Trinajstić information content (AvgIpc) is 2.93. The van der Waals surface area contributed by atoms with Crippen LogP contribution in [0.15, 0.2) is 36.4 Å². The van der Waals surface area contributed by atoms with E-state index in [0.717, 1.165) is 6.54 Å². The van der Waals surface area contributed by atoms with Gasteiger partial charge in [0.1, 0.15) is 0 Å². The van der Waals surface area contributed by atoms with Crippen molar-refractivity contribution >= 4 is 11.3 Å². The first kappa shape index (κ1) is 15.3. The summed E-state index contributed by atoms with van der Waals surface area (Å²) >= 11 is 1.93. The molecule has 1 aromatic heterocycles. The van der Waals surface area contributed by atoms with Crippen LogP contribution in [0.4, 0.5) is 0 Å². The van der Waals surface area contributed by atoms with Crippen molar-refractivity contribution in [2.24, 2.45) is 0 Å². The third-order valence-electron chi connectivity index (χ3n) is 3.49. The highest BCUT2D eigenvalue weighted by Gasteiger charge is 2.12. The quantitative estimate of drug-likeness (QED) is 0.702. The zero-order valence-corrected chi connectivity index (χ0v) is 13.6. The molecule has 1 nitrogen and oxygen atoms in total. The Hall–Kier alpha value is -1.12. The number of hydrogen-bond acceptors (Lipinski definition) is 2. The number of hydrogen-bond donors (Lipinski definition) is 1. The molecule has 0 aliphatic heterocycles. The van der Waals surface area contributed by atoms with Crippen LogP contribution in [0, 0.1) is 6.92 Å². The minimum atomic E-state index is 0.517. The van der Waals surface area contributed by atoms with E-state index in [2.05, 4.69) is 62.5 Å². The van der Waals surface area contributed by atoms with E-state index in [4.69, 9.17) is 0 Å². The highest BCUT2D eigenvalue weighted by Crippen LogP contribution is 2.33. The molecule has 2 heteroatoms. The van der Waals surface area contributed by atoms with Crippen LogP contribution in [-0.2, 0) is 0 Å². The van der Waals surface area contributed by atoms with Crippen LogP contribution in [0.3, 0.4) is 0 Å². The van der Waals surface area contributed by atoms with Gasteiger partial charge >= 0.3 is 0 Å². The molecule has 0 amide bonds. The van der Waals surface area contributed by atoms with Gasteiger partial charge in [-0.2, -0.15) is 0 Å². The Morgan fingerprint density at radius 2 is 1.95 bits per heavy atom. The van der Waals surface area contributed by atoms with E-state index in [0.29, 0.717) is 6.04 Å². The fourth-order valence-electron chi connectivity index (χ4n) is 2.45. The molecule has 1 unspecified atom stereocenters. The van der Waals surface area contributed by atoms with E-state index >= 15 is 0 Å². The highest BCUT2D eigenvalue weighted by molar-refractivity contribution is 7.15. The van der Waals surface area contributed by atoms with Crippen molar-refractivity contribution in [1.29, 1.82) is 0 Å². The van der Waals surface area contributed by atoms with E-state index in [9.17, 15) is 0 Å². The zero-order valence-electron chi connectivity index (χ0n) is 12.8. The van der Waals surface area contributed by atoms with Gasteiger partial charge in [0.15, 0.2) is 0 Å². The summed E-state index contributed by atoms with van der Waals surface area (Å²) in [6.45, 7) is 7.74. The molecule has 2 rings (SSSR count). The van der Waals surface area contributed by atoms with E-state index in [1.807, 2.05) is 11.3 Å². The molecule has 1 N–H and O–H groups in total. The van der Waals surface area contributed by atoms with Crippen molar-refractivity contribution in [3.8, 4) is 10.4 Å². The van der Waals surface area contributed by atoms with Gasteiger partial charge in [0.05, 0.1) is 0 Å². The molecule has 1 heterocycles. The summed E-state index contributed by atoms with van der Waals surface area (Å²) in [5.74, 6) is 0. The molecule has 0 bridgehead atoms. The minimum Gasteiger partial charge on any atom is -0.309 e. The first-order valence-electron chi connectivity index (χ1n) is 7.64. The first-order chi connectivity index (χ1) is 9.74. The van der Waals surface area contributed by atoms with Crippen molar-refractivity contribution in [2.45, 2.75) is 46.1 Å². The fourth-order valence-corrected chi connectivity index (χ4v) is 3.56. The second-order valence-corrected chi connectivity index (χ2v) is 6.48. The molecule has 2 aromatic rings. The van der Waals surface area contributed by atoms with Crippen LogP contribution in [0.5, 0.6) is 0 Å². The van der Waals surface area contributed by atoms with E-state index in [1.54, 1.807) is 0 Å². The smallest absolute Gasteiger partial charge is 0.0414 e. The maximum atomic E-state index is 3.67. The number of nitrogens with one attached hydrogen (secondary N) is 1. The Bertz CT molecular complexity index is 530. The largest absolute Gasteiger partial charge is 0.309 e. The van der Waals surface area contributed by atoms with Gasteiger partial charge in [-0.25, -0.2) is 0 Å². The standard InChI is InChI=1S/C18H25NS/c1-4-7-16(19-12-5-2)18-11-10-17(20-18)15-9-6-8-14(3)13-15/h6,8-11,13,16,19H,4-5,7,12H2,1-3H3. The maximum absolute atomic E-state index is 3.67. The lowest BCUT2D eigenvalue weighted by Crippen LogP contribution is -2.21. The molecule has 1 atom stereocenters. The van der Waals surface area contributed by atoms with Crippen molar-refractivity contribution in [2.75, 3.05) is 6.54 Å². The molecule has 0 spiro atoms. The molecule has 1 aromatic carbocycles. The molecule has 108 valence electrons. The summed E-state index contributed by atoms with van der Waals surface area (Å²) in [5, 5.41) is 3.67. The van der Waals surface area contributed by atoms with Gasteiger partial charge in [-0.3, -0.25) is 0 Å². The van der Waals surface area contributed by atoms with E-state index in [1.165, 1.54) is 40.1 Å². The lowest BCUT2D eigenvalue weighted by molar-refractivity contribution is 0.501. The summed E-state index contributed by atoms with van der Waals surface area (Å²) in [7, 11) is 0. The number of rotatable bonds is 7. The molecule has 0 fully saturated rings. The Morgan fingerprint density at radius 3 is 2.65 bits per heavy atom. The Kier molecular flexibility index (Phi) is 5.81. The number of aryl methyl sites for hydroxylation is 1. The predicted octanol–water partition coefficient (Wildman–Crippen LogP) is 5.56. The maximum Gasteiger partial charge on any atom is 0.0414 e. The van der Waals surface area contributed by atoms with Crippen LogP contribution in [0.25, 0.3) is 10.4 Å². The monoisotopic (exact) mass is 287 g/mol. The molecule has 0 saturated carbocycles. The summed E-state index contributed by atoms with van der Waals surface area (Å²) in [4.78, 5) is 2.85. The molecule has 0 radical (unpaired) electrons. The van der Waals surface area contributed by atoms with Crippen LogP contribution in [0.2, 0.25) is 0 Å². The topological polar surface area (TPSA) is 12.0 Å². The van der Waals surface area contributed by atoms with Crippen molar-refractivity contribution in [3.05, 3.63) is 46.8 Å². The number of benzene rings is 1. The summed E-state index contributed by atoms with van der Waals surface area (Å²) < 4.78 is 0. The minimum absolute atomic E-state index is 0.517. The van der Waals surface area contributed by atoms with E-state index < -0.39 is 0 Å². The van der Waals surface area contributed by atoms with Crippen molar-refractivity contribution in [1.82, 2.24) is 5.32 Å². The third-order valence-corrected chi connectivity index (χ3v) is 4.74. The summed E-state index contributed by atoms with van der Waals surface area (Å²) in [6.07, 6.45) is 3.63. The first-order valence-corrected chi connectivity index (χ1v) is 8.46. The van der Waals surface area contributed by atoms with Crippen LogP contribution < -0.4 is 5.32 Å². The second kappa shape index (κ2) is 7.61. The van der Waals surface area contributed by atoms with Gasteiger partial charge in [-0.1, -0.05) is 50.1 Å². The normalized spacial score (nSPS) is 12.6. The third kappa shape index (κ3) is 3.94. The Morgan fingerprint density at radius 1 is 1.10 bits per heavy atom. The SMILES string of the molecule is CCCNC(CCC)c1ccc(-c2cccc(C)c2)s1. The van der Waals surface area contributed by atoms with Gasteiger partial charge in [0, 0.05) is 15.8 Å². The molecule has 0 saturated heterocycles.